The lowest BCUT2D eigenvalue weighted by Gasteiger charge is -2.28. The summed E-state index contributed by atoms with van der Waals surface area (Å²) in [5.74, 6) is 0. The summed E-state index contributed by atoms with van der Waals surface area (Å²) in [5, 5.41) is 19.4. The van der Waals surface area contributed by atoms with Crippen LogP contribution in [-0.4, -0.2) is 16.8 Å². The van der Waals surface area contributed by atoms with Crippen molar-refractivity contribution in [1.29, 1.82) is 0 Å². The first kappa shape index (κ1) is 15.2. The van der Waals surface area contributed by atoms with Crippen LogP contribution in [0, 0.1) is 6.92 Å². The molecule has 2 heteroatoms. The Hall–Kier alpha value is -0.860. The summed E-state index contributed by atoms with van der Waals surface area (Å²) < 4.78 is 0. The molecule has 1 aromatic carbocycles. The number of hydrogen-bond acceptors (Lipinski definition) is 2. The third kappa shape index (κ3) is 3.56. The molecule has 2 nitrogen and oxygen atoms in total. The van der Waals surface area contributed by atoms with E-state index in [2.05, 4.69) is 32.9 Å². The largest absolute Gasteiger partial charge is 0.396 e. The molecule has 1 aromatic rings. The average Bonchev–Trinajstić information content (AvgIpc) is 2.24. The van der Waals surface area contributed by atoms with Crippen molar-refractivity contribution in [2.45, 2.75) is 58.5 Å². The van der Waals surface area contributed by atoms with E-state index in [9.17, 15) is 5.11 Å². The average molecular weight is 250 g/mol. The Morgan fingerprint density at radius 3 is 2.17 bits per heavy atom. The van der Waals surface area contributed by atoms with Crippen molar-refractivity contribution in [2.75, 3.05) is 6.61 Å². The fraction of sp³-hybridized carbons (Fsp3) is 0.625. The van der Waals surface area contributed by atoms with Crippen LogP contribution in [0.4, 0.5) is 0 Å². The lowest BCUT2D eigenvalue weighted by Crippen LogP contribution is -2.23. The van der Waals surface area contributed by atoms with Crippen molar-refractivity contribution < 1.29 is 10.2 Å². The topological polar surface area (TPSA) is 40.5 Å². The summed E-state index contributed by atoms with van der Waals surface area (Å²) in [7, 11) is 0. The van der Waals surface area contributed by atoms with Gasteiger partial charge in [-0.3, -0.25) is 0 Å². The Labute approximate surface area is 111 Å². The van der Waals surface area contributed by atoms with Crippen LogP contribution in [0.2, 0.25) is 0 Å². The highest BCUT2D eigenvalue weighted by molar-refractivity contribution is 5.37. The Morgan fingerprint density at radius 2 is 1.72 bits per heavy atom. The van der Waals surface area contributed by atoms with Gasteiger partial charge < -0.3 is 10.2 Å². The molecule has 0 aliphatic heterocycles. The first-order valence-corrected chi connectivity index (χ1v) is 6.63. The maximum absolute atomic E-state index is 10.5. The smallest absolute Gasteiger partial charge is 0.0871 e. The molecule has 0 aromatic heterocycles. The summed E-state index contributed by atoms with van der Waals surface area (Å²) in [6.45, 7) is 10.5. The molecule has 0 radical (unpaired) electrons. The molecule has 0 spiro atoms. The van der Waals surface area contributed by atoms with Gasteiger partial charge in [0.25, 0.3) is 0 Å². The molecule has 102 valence electrons. The molecule has 0 saturated carbocycles. The van der Waals surface area contributed by atoms with Crippen LogP contribution in [0.15, 0.2) is 18.2 Å². The third-order valence-electron chi connectivity index (χ3n) is 3.49. The predicted octanol–water partition coefficient (Wildman–Crippen LogP) is 3.27. The molecule has 0 saturated heterocycles. The molecule has 0 amide bonds. The van der Waals surface area contributed by atoms with Gasteiger partial charge in [0.1, 0.15) is 0 Å². The summed E-state index contributed by atoms with van der Waals surface area (Å²) in [6.07, 6.45) is 1.20. The summed E-state index contributed by atoms with van der Waals surface area (Å²) in [5.41, 5.74) is 2.62. The quantitative estimate of drug-likeness (QED) is 0.861. The minimum Gasteiger partial charge on any atom is -0.396 e. The molecule has 0 heterocycles. The molecule has 2 N–H and O–H groups in total. The van der Waals surface area contributed by atoms with E-state index in [1.807, 2.05) is 19.9 Å². The van der Waals surface area contributed by atoms with E-state index in [1.54, 1.807) is 0 Å². The van der Waals surface area contributed by atoms with Gasteiger partial charge >= 0.3 is 0 Å². The molecular weight excluding hydrogens is 224 g/mol. The van der Waals surface area contributed by atoms with Crippen molar-refractivity contribution in [3.05, 3.63) is 34.9 Å². The molecule has 0 bridgehead atoms. The zero-order valence-corrected chi connectivity index (χ0v) is 12.2. The van der Waals surface area contributed by atoms with Crippen LogP contribution in [0.25, 0.3) is 0 Å². The third-order valence-corrected chi connectivity index (χ3v) is 3.49. The summed E-state index contributed by atoms with van der Waals surface area (Å²) in [6, 6.07) is 6.27. The molecular formula is C16H26O2. The van der Waals surface area contributed by atoms with Crippen LogP contribution < -0.4 is 0 Å². The van der Waals surface area contributed by atoms with Crippen molar-refractivity contribution in [2.24, 2.45) is 0 Å². The van der Waals surface area contributed by atoms with Crippen molar-refractivity contribution >= 4 is 0 Å². The van der Waals surface area contributed by atoms with Gasteiger partial charge in [-0.05, 0) is 48.8 Å². The standard InChI is InChI=1S/C16H26O2/c1-12-11-13(15(2,3)4)7-8-14(12)16(5,18)9-6-10-17/h7-8,11,17-18H,6,9-10H2,1-5H3. The SMILES string of the molecule is Cc1cc(C(C)(C)C)ccc1C(C)(O)CCCO. The summed E-state index contributed by atoms with van der Waals surface area (Å²) in [4.78, 5) is 0. The second-order valence-electron chi connectivity index (χ2n) is 6.38. The van der Waals surface area contributed by atoms with Crippen molar-refractivity contribution in [3.8, 4) is 0 Å². The second kappa shape index (κ2) is 5.41. The Kier molecular flexibility index (Phi) is 4.57. The van der Waals surface area contributed by atoms with Gasteiger partial charge in [0.15, 0.2) is 0 Å². The highest BCUT2D eigenvalue weighted by atomic mass is 16.3. The minimum atomic E-state index is -0.858. The lowest BCUT2D eigenvalue weighted by molar-refractivity contribution is 0.0397. The van der Waals surface area contributed by atoms with E-state index in [-0.39, 0.29) is 12.0 Å². The van der Waals surface area contributed by atoms with Crippen LogP contribution >= 0.6 is 0 Å². The molecule has 0 aliphatic rings. The number of aryl methyl sites for hydroxylation is 1. The molecule has 1 rings (SSSR count). The van der Waals surface area contributed by atoms with Crippen LogP contribution in [0.1, 0.15) is 57.2 Å². The predicted molar refractivity (Wildman–Crippen MR) is 75.8 cm³/mol. The fourth-order valence-corrected chi connectivity index (χ4v) is 2.29. The number of rotatable bonds is 4. The van der Waals surface area contributed by atoms with Crippen LogP contribution in [0.5, 0.6) is 0 Å². The van der Waals surface area contributed by atoms with Crippen LogP contribution in [0.3, 0.4) is 0 Å². The maximum Gasteiger partial charge on any atom is 0.0871 e. The summed E-state index contributed by atoms with van der Waals surface area (Å²) >= 11 is 0. The van der Waals surface area contributed by atoms with E-state index in [1.165, 1.54) is 5.56 Å². The van der Waals surface area contributed by atoms with E-state index in [4.69, 9.17) is 5.11 Å². The van der Waals surface area contributed by atoms with Crippen LogP contribution in [-0.2, 0) is 11.0 Å². The lowest BCUT2D eigenvalue weighted by atomic mass is 9.82. The first-order valence-electron chi connectivity index (χ1n) is 6.63. The van der Waals surface area contributed by atoms with Gasteiger partial charge in [-0.1, -0.05) is 39.0 Å². The zero-order chi connectivity index (χ0) is 14.0. The van der Waals surface area contributed by atoms with Gasteiger partial charge in [0.2, 0.25) is 0 Å². The first-order chi connectivity index (χ1) is 8.18. The van der Waals surface area contributed by atoms with Gasteiger partial charge in [-0.25, -0.2) is 0 Å². The number of aliphatic hydroxyl groups excluding tert-OH is 1. The Balaban J connectivity index is 3.05. The monoisotopic (exact) mass is 250 g/mol. The minimum absolute atomic E-state index is 0.120. The molecule has 0 fully saturated rings. The van der Waals surface area contributed by atoms with Crippen molar-refractivity contribution in [3.63, 3.8) is 0 Å². The second-order valence-corrected chi connectivity index (χ2v) is 6.38. The number of benzene rings is 1. The molecule has 0 aliphatic carbocycles. The fourth-order valence-electron chi connectivity index (χ4n) is 2.29. The van der Waals surface area contributed by atoms with E-state index in [0.717, 1.165) is 11.1 Å². The maximum atomic E-state index is 10.5. The van der Waals surface area contributed by atoms with E-state index >= 15 is 0 Å². The Morgan fingerprint density at radius 1 is 1.11 bits per heavy atom. The van der Waals surface area contributed by atoms with Gasteiger partial charge in [0, 0.05) is 6.61 Å². The van der Waals surface area contributed by atoms with Gasteiger partial charge in [-0.15, -0.1) is 0 Å². The normalized spacial score (nSPS) is 15.5. The Bertz CT molecular complexity index is 400. The number of aliphatic hydroxyl groups is 2. The molecule has 1 atom stereocenters. The zero-order valence-electron chi connectivity index (χ0n) is 12.2. The van der Waals surface area contributed by atoms with Gasteiger partial charge in [0.05, 0.1) is 5.60 Å². The van der Waals surface area contributed by atoms with Crippen molar-refractivity contribution in [1.82, 2.24) is 0 Å². The van der Waals surface area contributed by atoms with Gasteiger partial charge in [-0.2, -0.15) is 0 Å². The number of hydrogen-bond donors (Lipinski definition) is 2. The van der Waals surface area contributed by atoms with E-state index in [0.29, 0.717) is 12.8 Å². The van der Waals surface area contributed by atoms with E-state index < -0.39 is 5.60 Å². The molecule has 18 heavy (non-hydrogen) atoms. The molecule has 1 unspecified atom stereocenters. The highest BCUT2D eigenvalue weighted by Crippen LogP contribution is 2.31. The highest BCUT2D eigenvalue weighted by Gasteiger charge is 2.25.